The third kappa shape index (κ3) is 7.65. The average molecular weight is 498 g/mol. The molecule has 0 aliphatic carbocycles. The summed E-state index contributed by atoms with van der Waals surface area (Å²) in [5.41, 5.74) is 1.86. The zero-order chi connectivity index (χ0) is 24.4. The summed E-state index contributed by atoms with van der Waals surface area (Å²) in [6, 6.07) is 22.2. The van der Waals surface area contributed by atoms with Gasteiger partial charge in [-0.05, 0) is 72.7 Å². The van der Waals surface area contributed by atoms with E-state index in [2.05, 4.69) is 22.3 Å². The summed E-state index contributed by atoms with van der Waals surface area (Å²) in [5.74, 6) is 0.348. The molecule has 3 rings (SSSR count). The molecule has 3 N–H and O–H groups in total. The van der Waals surface area contributed by atoms with Crippen LogP contribution in [0.3, 0.4) is 0 Å². The van der Waals surface area contributed by atoms with Crippen LogP contribution in [0.2, 0.25) is 0 Å². The van der Waals surface area contributed by atoms with Gasteiger partial charge in [0.25, 0.3) is 5.91 Å². The van der Waals surface area contributed by atoms with E-state index in [1.54, 1.807) is 36.4 Å². The zero-order valence-electron chi connectivity index (χ0n) is 18.8. The Morgan fingerprint density at radius 1 is 0.941 bits per heavy atom. The van der Waals surface area contributed by atoms with Crippen molar-refractivity contribution in [1.82, 2.24) is 10.0 Å². The number of hydrogen-bond acceptors (Lipinski definition) is 5. The molecule has 3 aromatic rings. The summed E-state index contributed by atoms with van der Waals surface area (Å²) in [7, 11) is -3.66. The van der Waals surface area contributed by atoms with Gasteiger partial charge in [-0.2, -0.15) is 0 Å². The summed E-state index contributed by atoms with van der Waals surface area (Å²) in [6.07, 6.45) is 2.02. The molecule has 0 unspecified atom stereocenters. The number of thiocarbonyl (C=S) groups is 1. The minimum absolute atomic E-state index is 0.103. The van der Waals surface area contributed by atoms with Gasteiger partial charge in [-0.25, -0.2) is 13.1 Å². The van der Waals surface area contributed by atoms with Gasteiger partial charge in [0.2, 0.25) is 10.0 Å². The van der Waals surface area contributed by atoms with Gasteiger partial charge in [0, 0.05) is 17.8 Å². The van der Waals surface area contributed by atoms with Gasteiger partial charge in [-0.1, -0.05) is 43.7 Å². The molecule has 0 bridgehead atoms. The van der Waals surface area contributed by atoms with Crippen molar-refractivity contribution in [3.8, 4) is 5.75 Å². The number of amides is 1. The number of carbonyl (C=O) groups excluding carboxylic acids is 1. The van der Waals surface area contributed by atoms with Crippen molar-refractivity contribution in [2.24, 2.45) is 0 Å². The number of benzene rings is 3. The number of unbranched alkanes of at least 4 members (excludes halogenated alkanes) is 1. The molecule has 34 heavy (non-hydrogen) atoms. The maximum Gasteiger partial charge on any atom is 0.257 e. The number of ether oxygens (including phenoxy) is 1. The lowest BCUT2D eigenvalue weighted by Crippen LogP contribution is -2.34. The van der Waals surface area contributed by atoms with Crippen molar-refractivity contribution >= 4 is 38.9 Å². The van der Waals surface area contributed by atoms with E-state index in [4.69, 9.17) is 17.0 Å². The van der Waals surface area contributed by atoms with Gasteiger partial charge >= 0.3 is 0 Å². The molecule has 1 amide bonds. The van der Waals surface area contributed by atoms with E-state index in [0.29, 0.717) is 23.6 Å². The van der Waals surface area contributed by atoms with Crippen LogP contribution >= 0.6 is 12.2 Å². The largest absolute Gasteiger partial charge is 0.494 e. The first-order valence-corrected chi connectivity index (χ1v) is 12.8. The van der Waals surface area contributed by atoms with Crippen LogP contribution < -0.4 is 20.1 Å². The second-order valence-corrected chi connectivity index (χ2v) is 9.64. The van der Waals surface area contributed by atoms with E-state index in [1.807, 2.05) is 30.3 Å². The average Bonchev–Trinajstić information content (AvgIpc) is 2.84. The molecule has 0 heterocycles. The van der Waals surface area contributed by atoms with Crippen LogP contribution in [-0.4, -0.2) is 26.0 Å². The smallest absolute Gasteiger partial charge is 0.257 e. The van der Waals surface area contributed by atoms with E-state index in [1.165, 1.54) is 12.1 Å². The Labute approximate surface area is 205 Å². The normalized spacial score (nSPS) is 11.0. The van der Waals surface area contributed by atoms with E-state index in [9.17, 15) is 13.2 Å². The fourth-order valence-corrected chi connectivity index (χ4v) is 4.18. The molecular weight excluding hydrogens is 470 g/mol. The maximum absolute atomic E-state index is 12.5. The second-order valence-electron chi connectivity index (χ2n) is 7.47. The van der Waals surface area contributed by atoms with Crippen LogP contribution in [0.4, 0.5) is 5.69 Å². The Kier molecular flexibility index (Phi) is 9.15. The van der Waals surface area contributed by atoms with Gasteiger partial charge in [-0.3, -0.25) is 10.1 Å². The van der Waals surface area contributed by atoms with Crippen LogP contribution in [0.25, 0.3) is 0 Å². The Bertz CT molecular complexity index is 1200. The zero-order valence-corrected chi connectivity index (χ0v) is 20.4. The van der Waals surface area contributed by atoms with Crippen LogP contribution in [0.1, 0.15) is 35.7 Å². The summed E-state index contributed by atoms with van der Waals surface area (Å²) in [4.78, 5) is 12.6. The van der Waals surface area contributed by atoms with E-state index in [0.717, 1.165) is 18.4 Å². The first-order valence-electron chi connectivity index (χ1n) is 10.9. The van der Waals surface area contributed by atoms with Gasteiger partial charge in [0.05, 0.1) is 11.5 Å². The maximum atomic E-state index is 12.5. The number of sulfonamides is 1. The minimum Gasteiger partial charge on any atom is -0.494 e. The lowest BCUT2D eigenvalue weighted by molar-refractivity contribution is 0.0977. The predicted octanol–water partition coefficient (Wildman–Crippen LogP) is 4.47. The molecule has 9 heteroatoms. The number of hydrogen-bond donors (Lipinski definition) is 3. The molecule has 0 saturated heterocycles. The van der Waals surface area contributed by atoms with Gasteiger partial charge in [-0.15, -0.1) is 0 Å². The SMILES string of the molecule is CCCCOc1ccc(C(=O)NC(=S)Nc2ccc(S(=O)(=O)NCc3ccccc3)cc2)cc1. The molecule has 0 saturated carbocycles. The minimum atomic E-state index is -3.66. The van der Waals surface area contributed by atoms with E-state index in [-0.39, 0.29) is 22.5 Å². The Balaban J connectivity index is 1.51. The topological polar surface area (TPSA) is 96.5 Å². The van der Waals surface area contributed by atoms with Crippen molar-refractivity contribution in [1.29, 1.82) is 0 Å². The molecule has 3 aromatic carbocycles. The summed E-state index contributed by atoms with van der Waals surface area (Å²) in [6.45, 7) is 2.93. The third-order valence-corrected chi connectivity index (χ3v) is 6.46. The number of anilines is 1. The van der Waals surface area contributed by atoms with Crippen molar-refractivity contribution in [3.05, 3.63) is 90.0 Å². The van der Waals surface area contributed by atoms with Gasteiger partial charge < -0.3 is 10.1 Å². The summed E-state index contributed by atoms with van der Waals surface area (Å²) >= 11 is 5.21. The molecular formula is C25H27N3O4S2. The highest BCUT2D eigenvalue weighted by Crippen LogP contribution is 2.15. The van der Waals surface area contributed by atoms with E-state index < -0.39 is 10.0 Å². The fourth-order valence-electron chi connectivity index (χ4n) is 2.95. The highest BCUT2D eigenvalue weighted by atomic mass is 32.2. The highest BCUT2D eigenvalue weighted by molar-refractivity contribution is 7.89. The molecule has 7 nitrogen and oxygen atoms in total. The predicted molar refractivity (Wildman–Crippen MR) is 137 cm³/mol. The molecule has 0 aromatic heterocycles. The molecule has 0 atom stereocenters. The number of rotatable bonds is 10. The molecule has 0 radical (unpaired) electrons. The third-order valence-electron chi connectivity index (χ3n) is 4.84. The molecule has 0 fully saturated rings. The van der Waals surface area contributed by atoms with Crippen molar-refractivity contribution in [2.75, 3.05) is 11.9 Å². The summed E-state index contributed by atoms with van der Waals surface area (Å²) in [5, 5.41) is 5.60. The quantitative estimate of drug-likeness (QED) is 0.283. The second kappa shape index (κ2) is 12.3. The number of carbonyl (C=O) groups is 1. The van der Waals surface area contributed by atoms with Crippen molar-refractivity contribution in [3.63, 3.8) is 0 Å². The lowest BCUT2D eigenvalue weighted by atomic mass is 10.2. The van der Waals surface area contributed by atoms with E-state index >= 15 is 0 Å². The van der Waals surface area contributed by atoms with Crippen LogP contribution in [0, 0.1) is 0 Å². The fraction of sp³-hybridized carbons (Fsp3) is 0.200. The van der Waals surface area contributed by atoms with Crippen molar-refractivity contribution < 1.29 is 17.9 Å². The van der Waals surface area contributed by atoms with Crippen LogP contribution in [0.5, 0.6) is 5.75 Å². The Hall–Kier alpha value is -3.27. The highest BCUT2D eigenvalue weighted by Gasteiger charge is 2.14. The number of nitrogens with one attached hydrogen (secondary N) is 3. The standard InChI is InChI=1S/C25H27N3O4S2/c1-2-3-17-32-22-13-9-20(10-14-22)24(29)28-25(33)27-21-11-15-23(16-12-21)34(30,31)26-18-19-7-5-4-6-8-19/h4-16,26H,2-3,17-18H2,1H3,(H2,27,28,29,33). The first kappa shape index (κ1) is 25.4. The molecule has 0 aliphatic rings. The molecule has 0 aliphatic heterocycles. The lowest BCUT2D eigenvalue weighted by Gasteiger charge is -2.11. The molecule has 0 spiro atoms. The van der Waals surface area contributed by atoms with Crippen LogP contribution in [-0.2, 0) is 16.6 Å². The van der Waals surface area contributed by atoms with Gasteiger partial charge in [0.15, 0.2) is 5.11 Å². The summed E-state index contributed by atoms with van der Waals surface area (Å²) < 4.78 is 33.2. The first-order chi connectivity index (χ1) is 16.4. The Morgan fingerprint density at radius 2 is 1.62 bits per heavy atom. The Morgan fingerprint density at radius 3 is 2.26 bits per heavy atom. The van der Waals surface area contributed by atoms with Crippen LogP contribution in [0.15, 0.2) is 83.8 Å². The van der Waals surface area contributed by atoms with Gasteiger partial charge in [0.1, 0.15) is 5.75 Å². The van der Waals surface area contributed by atoms with Crippen molar-refractivity contribution in [2.45, 2.75) is 31.2 Å². The monoisotopic (exact) mass is 497 g/mol. The molecule has 178 valence electrons.